The van der Waals surface area contributed by atoms with E-state index in [9.17, 15) is 9.59 Å². The number of fused-ring (bicyclic) bond motifs is 1. The Kier molecular flexibility index (Phi) is 5.51. The number of allylic oxidation sites excluding steroid dienone is 1. The highest BCUT2D eigenvalue weighted by atomic mass is 16.5. The largest absolute Gasteiger partial charge is 0.482 e. The van der Waals surface area contributed by atoms with Crippen molar-refractivity contribution in [2.24, 2.45) is 0 Å². The van der Waals surface area contributed by atoms with Crippen molar-refractivity contribution in [3.63, 3.8) is 0 Å². The molecule has 0 radical (unpaired) electrons. The Morgan fingerprint density at radius 3 is 3.00 bits per heavy atom. The van der Waals surface area contributed by atoms with Crippen molar-refractivity contribution in [3.05, 3.63) is 35.4 Å². The lowest BCUT2D eigenvalue weighted by Crippen LogP contribution is -2.26. The Morgan fingerprint density at radius 2 is 2.17 bits per heavy atom. The number of nitrogens with one attached hydrogen (secondary N) is 2. The van der Waals surface area contributed by atoms with Gasteiger partial charge in [-0.25, -0.2) is 0 Å². The smallest absolute Gasteiger partial charge is 0.262 e. The maximum atomic E-state index is 12.0. The zero-order valence-electron chi connectivity index (χ0n) is 13.9. The van der Waals surface area contributed by atoms with E-state index >= 15 is 0 Å². The van der Waals surface area contributed by atoms with E-state index in [4.69, 9.17) is 4.74 Å². The molecular formula is C19H24N2O3. The second kappa shape index (κ2) is 7.99. The lowest BCUT2D eigenvalue weighted by atomic mass is 9.97. The van der Waals surface area contributed by atoms with Crippen LogP contribution in [0.1, 0.15) is 44.1 Å². The van der Waals surface area contributed by atoms with Crippen molar-refractivity contribution < 1.29 is 14.3 Å². The van der Waals surface area contributed by atoms with Crippen molar-refractivity contribution in [3.8, 4) is 5.75 Å². The van der Waals surface area contributed by atoms with E-state index in [-0.39, 0.29) is 18.4 Å². The van der Waals surface area contributed by atoms with Gasteiger partial charge in [-0.2, -0.15) is 0 Å². The molecule has 0 aromatic heterocycles. The van der Waals surface area contributed by atoms with Crippen LogP contribution in [0, 0.1) is 0 Å². The molecule has 0 fully saturated rings. The van der Waals surface area contributed by atoms with Gasteiger partial charge in [-0.05, 0) is 56.2 Å². The number of anilines is 1. The van der Waals surface area contributed by atoms with E-state index in [0.29, 0.717) is 24.3 Å². The van der Waals surface area contributed by atoms with Crippen LogP contribution in [-0.2, 0) is 16.0 Å². The van der Waals surface area contributed by atoms with Gasteiger partial charge in [0.2, 0.25) is 5.91 Å². The van der Waals surface area contributed by atoms with E-state index in [0.717, 1.165) is 18.5 Å². The summed E-state index contributed by atoms with van der Waals surface area (Å²) in [5.74, 6) is 0.613. The van der Waals surface area contributed by atoms with Crippen molar-refractivity contribution in [2.45, 2.75) is 44.9 Å². The molecule has 0 saturated carbocycles. The predicted octanol–water partition coefficient (Wildman–Crippen LogP) is 2.96. The molecule has 3 rings (SSSR count). The number of carbonyl (C=O) groups is 2. The lowest BCUT2D eigenvalue weighted by Gasteiger charge is -2.18. The Morgan fingerprint density at radius 1 is 1.25 bits per heavy atom. The van der Waals surface area contributed by atoms with Crippen molar-refractivity contribution >= 4 is 17.5 Å². The van der Waals surface area contributed by atoms with Gasteiger partial charge in [0.15, 0.2) is 6.61 Å². The molecule has 2 amide bonds. The van der Waals surface area contributed by atoms with Gasteiger partial charge in [0.25, 0.3) is 5.91 Å². The van der Waals surface area contributed by atoms with Crippen molar-refractivity contribution in [1.82, 2.24) is 5.32 Å². The molecule has 2 N–H and O–H groups in total. The average molecular weight is 328 g/mol. The molecule has 0 bridgehead atoms. The fourth-order valence-electron chi connectivity index (χ4n) is 3.13. The molecule has 2 aliphatic rings. The van der Waals surface area contributed by atoms with Crippen LogP contribution in [0.2, 0.25) is 0 Å². The van der Waals surface area contributed by atoms with E-state index in [1.54, 1.807) is 0 Å². The first kappa shape index (κ1) is 16.6. The molecule has 1 aromatic rings. The van der Waals surface area contributed by atoms with Crippen molar-refractivity contribution in [2.75, 3.05) is 18.5 Å². The molecule has 0 atom stereocenters. The van der Waals surface area contributed by atoms with Gasteiger partial charge in [-0.15, -0.1) is 0 Å². The van der Waals surface area contributed by atoms with Gasteiger partial charge in [0, 0.05) is 13.0 Å². The minimum Gasteiger partial charge on any atom is -0.482 e. The Balaban J connectivity index is 1.42. The minimum atomic E-state index is -0.144. The Hall–Kier alpha value is -2.30. The van der Waals surface area contributed by atoms with Crippen LogP contribution in [0.15, 0.2) is 29.8 Å². The third-order valence-corrected chi connectivity index (χ3v) is 4.47. The molecule has 1 heterocycles. The second-order valence-corrected chi connectivity index (χ2v) is 6.38. The van der Waals surface area contributed by atoms with E-state index in [1.807, 2.05) is 18.2 Å². The predicted molar refractivity (Wildman–Crippen MR) is 93.1 cm³/mol. The summed E-state index contributed by atoms with van der Waals surface area (Å²) in [5, 5.41) is 5.78. The molecule has 5 nitrogen and oxygen atoms in total. The summed E-state index contributed by atoms with van der Waals surface area (Å²) in [6.07, 6.45) is 9.32. The van der Waals surface area contributed by atoms with E-state index < -0.39 is 0 Å². The van der Waals surface area contributed by atoms with Crippen LogP contribution in [0.5, 0.6) is 5.75 Å². The number of hydrogen-bond donors (Lipinski definition) is 2. The molecule has 0 saturated heterocycles. The first-order valence-corrected chi connectivity index (χ1v) is 8.71. The number of amides is 2. The summed E-state index contributed by atoms with van der Waals surface area (Å²) in [4.78, 5) is 23.3. The van der Waals surface area contributed by atoms with Gasteiger partial charge < -0.3 is 15.4 Å². The number of rotatable bonds is 6. The van der Waals surface area contributed by atoms with Crippen molar-refractivity contribution in [1.29, 1.82) is 0 Å². The maximum absolute atomic E-state index is 12.0. The highest BCUT2D eigenvalue weighted by Gasteiger charge is 2.16. The van der Waals surface area contributed by atoms with Gasteiger partial charge >= 0.3 is 0 Å². The fourth-order valence-corrected chi connectivity index (χ4v) is 3.13. The third kappa shape index (κ3) is 4.60. The third-order valence-electron chi connectivity index (χ3n) is 4.47. The number of aryl methyl sites for hydroxylation is 1. The first-order chi connectivity index (χ1) is 11.7. The molecule has 0 spiro atoms. The van der Waals surface area contributed by atoms with Crippen LogP contribution in [0.3, 0.4) is 0 Å². The summed E-state index contributed by atoms with van der Waals surface area (Å²) < 4.78 is 5.33. The number of benzene rings is 1. The molecule has 1 aromatic carbocycles. The second-order valence-electron chi connectivity index (χ2n) is 6.38. The van der Waals surface area contributed by atoms with Crippen LogP contribution in [0.25, 0.3) is 0 Å². The minimum absolute atomic E-state index is 0.0607. The summed E-state index contributed by atoms with van der Waals surface area (Å²) in [5.41, 5.74) is 3.19. The van der Waals surface area contributed by atoms with Gasteiger partial charge in [0.1, 0.15) is 5.75 Å². The highest BCUT2D eigenvalue weighted by molar-refractivity contribution is 5.95. The normalized spacial score (nSPS) is 16.5. The zero-order valence-corrected chi connectivity index (χ0v) is 13.9. The number of ether oxygens (including phenoxy) is 1. The summed E-state index contributed by atoms with van der Waals surface area (Å²) in [6.45, 7) is 0.782. The standard InChI is InChI=1S/C19H24N2O3/c22-18(20-11-10-14-4-2-1-3-5-14)9-7-15-6-8-17-16(12-15)21-19(23)13-24-17/h4,6,8,12H,1-3,5,7,9-11,13H2,(H,20,22)(H,21,23). The number of carbonyl (C=O) groups excluding carboxylic acids is 2. The monoisotopic (exact) mass is 328 g/mol. The van der Waals surface area contributed by atoms with Gasteiger partial charge in [0.05, 0.1) is 5.69 Å². The van der Waals surface area contributed by atoms with Gasteiger partial charge in [-0.3, -0.25) is 9.59 Å². The topological polar surface area (TPSA) is 67.4 Å². The van der Waals surface area contributed by atoms with Crippen LogP contribution >= 0.6 is 0 Å². The summed E-state index contributed by atoms with van der Waals surface area (Å²) in [7, 11) is 0. The van der Waals surface area contributed by atoms with E-state index in [1.165, 1.54) is 31.3 Å². The molecule has 128 valence electrons. The van der Waals surface area contributed by atoms with E-state index in [2.05, 4.69) is 16.7 Å². The zero-order chi connectivity index (χ0) is 16.8. The molecular weight excluding hydrogens is 304 g/mol. The lowest BCUT2D eigenvalue weighted by molar-refractivity contribution is -0.121. The van der Waals surface area contributed by atoms with Crippen LogP contribution < -0.4 is 15.4 Å². The van der Waals surface area contributed by atoms with Crippen LogP contribution in [0.4, 0.5) is 5.69 Å². The molecule has 1 aliphatic carbocycles. The summed E-state index contributed by atoms with van der Waals surface area (Å²) in [6, 6.07) is 5.67. The maximum Gasteiger partial charge on any atom is 0.262 e. The van der Waals surface area contributed by atoms with Gasteiger partial charge in [-0.1, -0.05) is 17.7 Å². The molecule has 5 heteroatoms. The van der Waals surface area contributed by atoms with Crippen LogP contribution in [-0.4, -0.2) is 25.0 Å². The SMILES string of the molecule is O=C(CCc1ccc2c(c1)NC(=O)CO2)NCCC1=CCCCC1. The Bertz CT molecular complexity index is 652. The Labute approximate surface area is 142 Å². The molecule has 1 aliphatic heterocycles. The molecule has 24 heavy (non-hydrogen) atoms. The number of hydrogen-bond acceptors (Lipinski definition) is 3. The first-order valence-electron chi connectivity index (χ1n) is 8.71. The molecule has 0 unspecified atom stereocenters. The quantitative estimate of drug-likeness (QED) is 0.789. The fraction of sp³-hybridized carbons (Fsp3) is 0.474. The highest BCUT2D eigenvalue weighted by Crippen LogP contribution is 2.28. The summed E-state index contributed by atoms with van der Waals surface area (Å²) >= 11 is 0. The average Bonchev–Trinajstić information content (AvgIpc) is 2.60.